The third-order valence-corrected chi connectivity index (χ3v) is 4.33. The highest BCUT2D eigenvalue weighted by Crippen LogP contribution is 2.19. The smallest absolute Gasteiger partial charge is 0.336 e. The van der Waals surface area contributed by atoms with Crippen molar-refractivity contribution in [2.75, 3.05) is 0 Å². The maximum absolute atomic E-state index is 10.8. The number of rotatable bonds is 5. The maximum atomic E-state index is 10.8. The molecule has 106 valence electrons. The predicted molar refractivity (Wildman–Crippen MR) is 85.8 cm³/mol. The molecule has 21 heavy (non-hydrogen) atoms. The van der Waals surface area contributed by atoms with E-state index in [0.29, 0.717) is 12.1 Å². The molecule has 0 spiro atoms. The van der Waals surface area contributed by atoms with Crippen molar-refractivity contribution in [1.82, 2.24) is 5.32 Å². The van der Waals surface area contributed by atoms with Gasteiger partial charge in [0.05, 0.1) is 5.56 Å². The third kappa shape index (κ3) is 3.12. The Labute approximate surface area is 126 Å². The Morgan fingerprint density at radius 1 is 1.10 bits per heavy atom. The molecular formula is C17H15NO2S. The van der Waals surface area contributed by atoms with Crippen molar-refractivity contribution in [3.05, 3.63) is 69.9 Å². The molecule has 0 radical (unpaired) electrons. The van der Waals surface area contributed by atoms with E-state index >= 15 is 0 Å². The van der Waals surface area contributed by atoms with Crippen molar-refractivity contribution in [3.63, 3.8) is 0 Å². The minimum absolute atomic E-state index is 0.363. The molecular weight excluding hydrogens is 282 g/mol. The molecule has 0 saturated heterocycles. The Balaban J connectivity index is 1.68. The van der Waals surface area contributed by atoms with E-state index < -0.39 is 5.97 Å². The molecule has 0 saturated carbocycles. The van der Waals surface area contributed by atoms with Gasteiger partial charge >= 0.3 is 5.97 Å². The molecule has 3 aromatic rings. The molecule has 3 nitrogen and oxygen atoms in total. The highest BCUT2D eigenvalue weighted by Gasteiger charge is 2.06. The molecule has 0 bridgehead atoms. The Morgan fingerprint density at radius 3 is 2.71 bits per heavy atom. The average molecular weight is 297 g/mol. The summed E-state index contributed by atoms with van der Waals surface area (Å²) in [7, 11) is 0. The Morgan fingerprint density at radius 2 is 1.90 bits per heavy atom. The van der Waals surface area contributed by atoms with Crippen molar-refractivity contribution < 1.29 is 9.90 Å². The second-order valence-electron chi connectivity index (χ2n) is 4.85. The van der Waals surface area contributed by atoms with Crippen molar-refractivity contribution >= 4 is 28.1 Å². The first-order chi connectivity index (χ1) is 10.2. The second-order valence-corrected chi connectivity index (χ2v) is 5.84. The number of carbonyl (C=O) groups is 1. The van der Waals surface area contributed by atoms with Crippen molar-refractivity contribution in [2.45, 2.75) is 13.1 Å². The molecule has 0 fully saturated rings. The largest absolute Gasteiger partial charge is 0.478 e. The molecule has 2 N–H and O–H groups in total. The minimum Gasteiger partial charge on any atom is -0.478 e. The van der Waals surface area contributed by atoms with Crippen molar-refractivity contribution in [2.24, 2.45) is 0 Å². The van der Waals surface area contributed by atoms with Gasteiger partial charge in [-0.15, -0.1) is 11.3 Å². The quantitative estimate of drug-likeness (QED) is 0.751. The SMILES string of the molecule is O=C(O)c1csc(CNCc2cccc3ccccc23)c1. The first-order valence-electron chi connectivity index (χ1n) is 6.72. The number of aromatic carboxylic acids is 1. The minimum atomic E-state index is -0.869. The van der Waals surface area contributed by atoms with Crippen LogP contribution in [0.4, 0.5) is 0 Å². The van der Waals surface area contributed by atoms with Gasteiger partial charge in [-0.25, -0.2) is 4.79 Å². The summed E-state index contributed by atoms with van der Waals surface area (Å²) in [5.41, 5.74) is 1.62. The van der Waals surface area contributed by atoms with Crippen LogP contribution in [0.3, 0.4) is 0 Å². The van der Waals surface area contributed by atoms with Gasteiger partial charge in [-0.2, -0.15) is 0 Å². The van der Waals surface area contributed by atoms with E-state index in [-0.39, 0.29) is 0 Å². The monoisotopic (exact) mass is 297 g/mol. The number of hydrogen-bond donors (Lipinski definition) is 2. The van der Waals surface area contributed by atoms with Crippen LogP contribution in [-0.4, -0.2) is 11.1 Å². The zero-order valence-corrected chi connectivity index (χ0v) is 12.2. The summed E-state index contributed by atoms with van der Waals surface area (Å²) >= 11 is 1.47. The van der Waals surface area contributed by atoms with Crippen LogP contribution in [-0.2, 0) is 13.1 Å². The topological polar surface area (TPSA) is 49.3 Å². The maximum Gasteiger partial charge on any atom is 0.336 e. The summed E-state index contributed by atoms with van der Waals surface area (Å²) in [5.74, 6) is -0.869. The lowest BCUT2D eigenvalue weighted by molar-refractivity contribution is 0.0697. The van der Waals surface area contributed by atoms with Crippen LogP contribution in [0.2, 0.25) is 0 Å². The number of nitrogens with one attached hydrogen (secondary N) is 1. The fourth-order valence-corrected chi connectivity index (χ4v) is 3.18. The zero-order valence-electron chi connectivity index (χ0n) is 11.4. The molecule has 0 unspecified atom stereocenters. The normalized spacial score (nSPS) is 10.9. The van der Waals surface area contributed by atoms with Gasteiger partial charge in [-0.3, -0.25) is 0 Å². The summed E-state index contributed by atoms with van der Waals surface area (Å²) < 4.78 is 0. The van der Waals surface area contributed by atoms with E-state index in [1.165, 1.54) is 27.7 Å². The standard InChI is InChI=1S/C17H15NO2S/c19-17(20)14-8-15(21-11-14)10-18-9-13-6-3-5-12-4-1-2-7-16(12)13/h1-8,11,18H,9-10H2,(H,19,20). The van der Waals surface area contributed by atoms with Gasteiger partial charge < -0.3 is 10.4 Å². The van der Waals surface area contributed by atoms with Crippen LogP contribution >= 0.6 is 11.3 Å². The molecule has 0 atom stereocenters. The molecule has 4 heteroatoms. The van der Waals surface area contributed by atoms with E-state index in [0.717, 1.165) is 11.4 Å². The van der Waals surface area contributed by atoms with E-state index in [2.05, 4.69) is 35.6 Å². The summed E-state index contributed by atoms with van der Waals surface area (Å²) in [6, 6.07) is 16.3. The number of fused-ring (bicyclic) bond motifs is 1. The molecule has 0 amide bonds. The molecule has 0 aliphatic rings. The van der Waals surface area contributed by atoms with E-state index in [9.17, 15) is 4.79 Å². The highest BCUT2D eigenvalue weighted by molar-refractivity contribution is 7.10. The molecule has 1 aromatic heterocycles. The van der Waals surface area contributed by atoms with Crippen molar-refractivity contribution in [1.29, 1.82) is 0 Å². The summed E-state index contributed by atoms with van der Waals surface area (Å²) in [6.45, 7) is 1.45. The fraction of sp³-hybridized carbons (Fsp3) is 0.118. The number of carboxylic acids is 1. The van der Waals surface area contributed by atoms with Crippen LogP contribution in [0.1, 0.15) is 20.8 Å². The molecule has 3 rings (SSSR count). The zero-order chi connectivity index (χ0) is 14.7. The fourth-order valence-electron chi connectivity index (χ4n) is 2.35. The van der Waals surface area contributed by atoms with Gasteiger partial charge in [0.25, 0.3) is 0 Å². The summed E-state index contributed by atoms with van der Waals surface area (Å²) in [4.78, 5) is 11.9. The van der Waals surface area contributed by atoms with Gasteiger partial charge in [0.15, 0.2) is 0 Å². The third-order valence-electron chi connectivity index (χ3n) is 3.40. The highest BCUT2D eigenvalue weighted by atomic mass is 32.1. The van der Waals surface area contributed by atoms with Crippen molar-refractivity contribution in [3.8, 4) is 0 Å². The van der Waals surface area contributed by atoms with E-state index in [4.69, 9.17) is 5.11 Å². The number of benzene rings is 2. The second kappa shape index (κ2) is 6.08. The van der Waals surface area contributed by atoms with Gasteiger partial charge in [0, 0.05) is 23.3 Å². The Bertz CT molecular complexity index is 774. The lowest BCUT2D eigenvalue weighted by Gasteiger charge is -2.07. The number of carboxylic acid groups (broad SMARTS) is 1. The first-order valence-corrected chi connectivity index (χ1v) is 7.60. The predicted octanol–water partition coefficient (Wildman–Crippen LogP) is 3.89. The Hall–Kier alpha value is -2.17. The summed E-state index contributed by atoms with van der Waals surface area (Å²) in [5, 5.41) is 16.5. The lowest BCUT2D eigenvalue weighted by atomic mass is 10.0. The van der Waals surface area contributed by atoms with Crippen LogP contribution < -0.4 is 5.32 Å². The van der Waals surface area contributed by atoms with E-state index in [1.54, 1.807) is 11.4 Å². The molecule has 0 aliphatic heterocycles. The number of hydrogen-bond acceptors (Lipinski definition) is 3. The van der Waals surface area contributed by atoms with Gasteiger partial charge in [-0.05, 0) is 22.4 Å². The first kappa shape index (κ1) is 13.8. The van der Waals surface area contributed by atoms with E-state index in [1.807, 2.05) is 12.1 Å². The van der Waals surface area contributed by atoms with Gasteiger partial charge in [-0.1, -0.05) is 42.5 Å². The number of thiophene rings is 1. The van der Waals surface area contributed by atoms with Gasteiger partial charge in [0.2, 0.25) is 0 Å². The summed E-state index contributed by atoms with van der Waals surface area (Å²) in [6.07, 6.45) is 0. The molecule has 2 aromatic carbocycles. The Kier molecular flexibility index (Phi) is 3.99. The van der Waals surface area contributed by atoms with Crippen LogP contribution in [0, 0.1) is 0 Å². The molecule has 0 aliphatic carbocycles. The van der Waals surface area contributed by atoms with Gasteiger partial charge in [0.1, 0.15) is 0 Å². The lowest BCUT2D eigenvalue weighted by Crippen LogP contribution is -2.12. The van der Waals surface area contributed by atoms with Crippen LogP contribution in [0.25, 0.3) is 10.8 Å². The van der Waals surface area contributed by atoms with Crippen LogP contribution in [0.15, 0.2) is 53.9 Å². The van der Waals surface area contributed by atoms with Crippen LogP contribution in [0.5, 0.6) is 0 Å². The average Bonchev–Trinajstić information content (AvgIpc) is 2.97. The molecule has 1 heterocycles.